The van der Waals surface area contributed by atoms with Gasteiger partial charge >= 0.3 is 6.18 Å². The molecule has 6 rings (SSSR count). The molecule has 2 aliphatic rings. The molecule has 41 heavy (non-hydrogen) atoms. The van der Waals surface area contributed by atoms with Crippen LogP contribution >= 0.6 is 0 Å². The lowest BCUT2D eigenvalue weighted by Gasteiger charge is -2.44. The number of alkyl halides is 3. The fourth-order valence-corrected chi connectivity index (χ4v) is 6.85. The number of carbonyl (C=O) groups is 1. The lowest BCUT2D eigenvalue weighted by molar-refractivity contribution is -0.141. The van der Waals surface area contributed by atoms with Crippen molar-refractivity contribution >= 4 is 21.9 Å². The van der Waals surface area contributed by atoms with Crippen LogP contribution in [0.1, 0.15) is 33.9 Å². The number of aromatic nitrogens is 4. The van der Waals surface area contributed by atoms with Gasteiger partial charge in [-0.25, -0.2) is 22.5 Å². The van der Waals surface area contributed by atoms with Crippen molar-refractivity contribution in [2.24, 2.45) is 5.41 Å². The highest BCUT2D eigenvalue weighted by atomic mass is 32.2. The first-order chi connectivity index (χ1) is 19.5. The fraction of sp³-hybridized carbons (Fsp3) is 0.214. The van der Waals surface area contributed by atoms with Gasteiger partial charge in [0.1, 0.15) is 17.2 Å². The van der Waals surface area contributed by atoms with E-state index in [0.29, 0.717) is 28.6 Å². The molecule has 3 aromatic heterocycles. The van der Waals surface area contributed by atoms with Crippen LogP contribution in [0.2, 0.25) is 0 Å². The number of piperidine rings is 1. The smallest absolute Gasteiger partial charge is 0.291 e. The molecule has 1 saturated heterocycles. The molecule has 0 radical (unpaired) electrons. The van der Waals surface area contributed by atoms with Gasteiger partial charge in [-0.1, -0.05) is 17.7 Å². The predicted molar refractivity (Wildman–Crippen MR) is 139 cm³/mol. The highest BCUT2D eigenvalue weighted by Crippen LogP contribution is 2.47. The second-order valence-corrected chi connectivity index (χ2v) is 11.7. The number of ketones is 1. The van der Waals surface area contributed by atoms with E-state index < -0.39 is 43.9 Å². The lowest BCUT2D eigenvalue weighted by atomic mass is 9.65. The molecule has 1 fully saturated rings. The Kier molecular flexibility index (Phi) is 6.38. The third kappa shape index (κ3) is 4.64. The van der Waals surface area contributed by atoms with Crippen molar-refractivity contribution in [1.82, 2.24) is 24.1 Å². The topological polar surface area (TPSA) is 98.0 Å². The molecule has 1 aliphatic carbocycles. The van der Waals surface area contributed by atoms with E-state index in [2.05, 4.69) is 15.1 Å². The van der Waals surface area contributed by atoms with Crippen molar-refractivity contribution in [2.75, 3.05) is 13.1 Å². The van der Waals surface area contributed by atoms with Crippen molar-refractivity contribution in [3.63, 3.8) is 0 Å². The molecule has 0 amide bonds. The van der Waals surface area contributed by atoms with E-state index in [9.17, 15) is 30.8 Å². The van der Waals surface area contributed by atoms with Crippen molar-refractivity contribution in [2.45, 2.75) is 24.0 Å². The molecular weight excluding hydrogens is 562 g/mol. The second-order valence-electron chi connectivity index (χ2n) is 9.86. The first kappa shape index (κ1) is 27.0. The molecule has 0 saturated carbocycles. The summed E-state index contributed by atoms with van der Waals surface area (Å²) in [7, 11) is -4.50. The zero-order valence-electron chi connectivity index (χ0n) is 21.2. The highest BCUT2D eigenvalue weighted by molar-refractivity contribution is 7.89. The van der Waals surface area contributed by atoms with Crippen LogP contribution in [0.25, 0.3) is 11.8 Å². The van der Waals surface area contributed by atoms with Gasteiger partial charge in [-0.15, -0.1) is 0 Å². The molecule has 4 heterocycles. The Morgan fingerprint density at radius 3 is 2.49 bits per heavy atom. The summed E-state index contributed by atoms with van der Waals surface area (Å²) in [6.07, 6.45) is 0.198. The number of Topliss-reactive ketones (excluding diaryl/α,β-unsaturated/α-hetero) is 1. The number of pyridine rings is 2. The monoisotopic (exact) mass is 583 g/mol. The molecule has 1 atom stereocenters. The number of sulfonamides is 1. The molecule has 0 unspecified atom stereocenters. The Morgan fingerprint density at radius 1 is 1.00 bits per heavy atom. The van der Waals surface area contributed by atoms with Crippen LogP contribution in [0, 0.1) is 11.2 Å². The third-order valence-electron chi connectivity index (χ3n) is 7.40. The van der Waals surface area contributed by atoms with Crippen LogP contribution in [-0.2, 0) is 22.6 Å². The maximum atomic E-state index is 14.1. The van der Waals surface area contributed by atoms with Gasteiger partial charge in [0.2, 0.25) is 0 Å². The van der Waals surface area contributed by atoms with Gasteiger partial charge in [-0.05, 0) is 73.0 Å². The molecule has 0 bridgehead atoms. The number of fused-ring (bicyclic) bond motifs is 2. The summed E-state index contributed by atoms with van der Waals surface area (Å²) < 4.78 is 83.3. The standard InChI is InChI=1S/C28H21F4N5O3S/c29-20-7-9-21(10-8-20)37-23-14-19-11-13-36(41(39,40)25-6-3-5-24(35-25)28(30,31)32)17-27(19,15-18(23)16-34-37)26(38)22-4-1-2-12-33-22/h1-10,12,14,16H,11,13,15,17H2/t27-/m0/s1. The molecule has 1 aromatic carbocycles. The first-order valence-electron chi connectivity index (χ1n) is 12.5. The van der Waals surface area contributed by atoms with Crippen LogP contribution in [0.3, 0.4) is 0 Å². The summed E-state index contributed by atoms with van der Waals surface area (Å²) in [6, 6.07) is 13.3. The van der Waals surface area contributed by atoms with Crippen LogP contribution < -0.4 is 0 Å². The summed E-state index contributed by atoms with van der Waals surface area (Å²) in [5.41, 5.74) is -0.0112. The second kappa shape index (κ2) is 9.70. The number of carbonyl (C=O) groups excluding carboxylic acids is 1. The number of rotatable bonds is 5. The number of nitrogens with zero attached hydrogens (tertiary/aromatic N) is 5. The van der Waals surface area contributed by atoms with Crippen molar-refractivity contribution in [3.8, 4) is 5.69 Å². The molecular formula is C28H21F4N5O3S. The Labute approximate surface area is 232 Å². The van der Waals surface area contributed by atoms with Crippen LogP contribution in [0.5, 0.6) is 0 Å². The molecule has 13 heteroatoms. The van der Waals surface area contributed by atoms with Crippen molar-refractivity contribution in [1.29, 1.82) is 0 Å². The summed E-state index contributed by atoms with van der Waals surface area (Å²) in [5, 5.41) is 3.69. The normalized spacial score (nSPS) is 19.3. The van der Waals surface area contributed by atoms with E-state index in [-0.39, 0.29) is 31.6 Å². The lowest BCUT2D eigenvalue weighted by Crippen LogP contribution is -2.53. The van der Waals surface area contributed by atoms with Gasteiger partial charge in [-0.3, -0.25) is 9.78 Å². The van der Waals surface area contributed by atoms with E-state index in [4.69, 9.17) is 0 Å². The SMILES string of the molecule is O=C(c1ccccn1)[C@]12Cc3cnn(-c4ccc(F)cc4)c3C=C1CCN(S(=O)(=O)c1cccc(C(F)(F)F)n1)C2. The minimum absolute atomic E-state index is 0.0762. The number of benzene rings is 1. The average molecular weight is 584 g/mol. The molecule has 1 aliphatic heterocycles. The van der Waals surface area contributed by atoms with E-state index in [1.54, 1.807) is 41.2 Å². The minimum Gasteiger partial charge on any atom is -0.291 e. The quantitative estimate of drug-likeness (QED) is 0.249. The Balaban J connectivity index is 1.44. The molecule has 0 N–H and O–H groups in total. The van der Waals surface area contributed by atoms with Gasteiger partial charge in [0.05, 0.1) is 23.0 Å². The van der Waals surface area contributed by atoms with Gasteiger partial charge in [-0.2, -0.15) is 22.6 Å². The zero-order chi connectivity index (χ0) is 29.0. The molecule has 0 spiro atoms. The number of hydrogen-bond acceptors (Lipinski definition) is 6. The van der Waals surface area contributed by atoms with Crippen LogP contribution in [0.15, 0.2) is 83.7 Å². The minimum atomic E-state index is -4.83. The highest BCUT2D eigenvalue weighted by Gasteiger charge is 2.51. The predicted octanol–water partition coefficient (Wildman–Crippen LogP) is 4.72. The Bertz CT molecular complexity index is 1790. The number of halogens is 4. The average Bonchev–Trinajstić information content (AvgIpc) is 3.38. The van der Waals surface area contributed by atoms with E-state index >= 15 is 0 Å². The number of hydrogen-bond donors (Lipinski definition) is 0. The summed E-state index contributed by atoms with van der Waals surface area (Å²) >= 11 is 0. The third-order valence-corrected chi connectivity index (χ3v) is 9.15. The molecule has 210 valence electrons. The summed E-state index contributed by atoms with van der Waals surface area (Å²) in [6.45, 7) is -0.404. The van der Waals surface area contributed by atoms with Gasteiger partial charge in [0.25, 0.3) is 10.0 Å². The van der Waals surface area contributed by atoms with Gasteiger partial charge < -0.3 is 0 Å². The Hall–Kier alpha value is -4.23. The van der Waals surface area contributed by atoms with Crippen LogP contribution in [0.4, 0.5) is 17.6 Å². The first-order valence-corrected chi connectivity index (χ1v) is 14.0. The molecule has 4 aromatic rings. The van der Waals surface area contributed by atoms with E-state index in [1.807, 2.05) is 0 Å². The van der Waals surface area contributed by atoms with E-state index in [0.717, 1.165) is 16.4 Å². The summed E-state index contributed by atoms with van der Waals surface area (Å²) in [4.78, 5) is 21.7. The van der Waals surface area contributed by atoms with Crippen molar-refractivity contribution < 1.29 is 30.8 Å². The molecule has 8 nitrogen and oxygen atoms in total. The van der Waals surface area contributed by atoms with Gasteiger partial charge in [0.15, 0.2) is 10.8 Å². The maximum Gasteiger partial charge on any atom is 0.433 e. The largest absolute Gasteiger partial charge is 0.433 e. The van der Waals surface area contributed by atoms with Gasteiger partial charge in [0, 0.05) is 19.3 Å². The maximum absolute atomic E-state index is 14.1. The van der Waals surface area contributed by atoms with Crippen LogP contribution in [-0.4, -0.2) is 51.3 Å². The summed E-state index contributed by atoms with van der Waals surface area (Å²) in [5.74, 6) is -0.821. The van der Waals surface area contributed by atoms with E-state index in [1.165, 1.54) is 24.4 Å². The fourth-order valence-electron chi connectivity index (χ4n) is 5.40. The Morgan fingerprint density at radius 2 is 1.78 bits per heavy atom. The zero-order valence-corrected chi connectivity index (χ0v) is 22.0. The van der Waals surface area contributed by atoms with Crippen molar-refractivity contribution in [3.05, 3.63) is 107 Å².